The highest BCUT2D eigenvalue weighted by molar-refractivity contribution is 5.05. The normalized spacial score (nSPS) is 20.8. The van der Waals surface area contributed by atoms with Crippen molar-refractivity contribution in [3.05, 3.63) is 17.5 Å². The van der Waals surface area contributed by atoms with Gasteiger partial charge in [0.05, 0.1) is 18.3 Å². The van der Waals surface area contributed by atoms with E-state index in [0.29, 0.717) is 6.10 Å². The monoisotopic (exact) mass is 267 g/mol. The molecule has 5 heteroatoms. The molecule has 1 N–H and O–H groups in total. The van der Waals surface area contributed by atoms with E-state index < -0.39 is 0 Å². The van der Waals surface area contributed by atoms with Crippen molar-refractivity contribution in [2.24, 2.45) is 0 Å². The van der Waals surface area contributed by atoms with E-state index in [1.165, 1.54) is 6.42 Å². The second kappa shape index (κ2) is 7.62. The summed E-state index contributed by atoms with van der Waals surface area (Å²) in [7, 11) is 1.79. The highest BCUT2D eigenvalue weighted by Gasteiger charge is 2.20. The maximum Gasteiger partial charge on any atom is 0.151 e. The molecule has 0 aromatic carbocycles. The molecule has 0 bridgehead atoms. The van der Waals surface area contributed by atoms with Crippen LogP contribution in [-0.4, -0.2) is 42.9 Å². The lowest BCUT2D eigenvalue weighted by Crippen LogP contribution is -2.38. The number of nitrogens with one attached hydrogen (secondary N) is 1. The summed E-state index contributed by atoms with van der Waals surface area (Å²) in [6, 6.07) is 2.05. The Morgan fingerprint density at radius 3 is 3.26 bits per heavy atom. The number of ether oxygens (including phenoxy) is 1. The summed E-state index contributed by atoms with van der Waals surface area (Å²) in [5.41, 5.74) is 0.990. The van der Waals surface area contributed by atoms with Gasteiger partial charge in [-0.05, 0) is 32.4 Å². The van der Waals surface area contributed by atoms with Gasteiger partial charge < -0.3 is 14.6 Å². The highest BCUT2D eigenvalue weighted by Crippen LogP contribution is 2.16. The quantitative estimate of drug-likeness (QED) is 0.763. The van der Waals surface area contributed by atoms with Gasteiger partial charge >= 0.3 is 0 Å². The van der Waals surface area contributed by atoms with E-state index in [1.54, 1.807) is 7.11 Å². The summed E-state index contributed by atoms with van der Waals surface area (Å²) in [4.78, 5) is 2.38. The number of hydrogen-bond donors (Lipinski definition) is 1. The molecule has 1 aliphatic rings. The van der Waals surface area contributed by atoms with Crippen molar-refractivity contribution in [3.8, 4) is 0 Å². The summed E-state index contributed by atoms with van der Waals surface area (Å²) >= 11 is 0. The van der Waals surface area contributed by atoms with E-state index in [0.717, 1.165) is 57.0 Å². The van der Waals surface area contributed by atoms with E-state index in [-0.39, 0.29) is 0 Å². The lowest BCUT2D eigenvalue weighted by molar-refractivity contribution is 0.0257. The number of piperidine rings is 1. The summed E-state index contributed by atoms with van der Waals surface area (Å²) in [6.45, 7) is 6.90. The molecule has 5 nitrogen and oxygen atoms in total. The molecule has 1 atom stereocenters. The zero-order chi connectivity index (χ0) is 13.5. The molecule has 1 aliphatic heterocycles. The molecule has 108 valence electrons. The topological polar surface area (TPSA) is 50.5 Å². The minimum atomic E-state index is 0.363. The maximum absolute atomic E-state index is 5.43. The number of aromatic nitrogens is 1. The zero-order valence-electron chi connectivity index (χ0n) is 12.0. The molecule has 0 amide bonds. The first kappa shape index (κ1) is 14.5. The van der Waals surface area contributed by atoms with Crippen molar-refractivity contribution in [1.29, 1.82) is 0 Å². The van der Waals surface area contributed by atoms with Gasteiger partial charge in [-0.3, -0.25) is 4.90 Å². The predicted molar refractivity (Wildman–Crippen MR) is 73.8 cm³/mol. The fourth-order valence-electron chi connectivity index (χ4n) is 2.48. The summed E-state index contributed by atoms with van der Waals surface area (Å²) < 4.78 is 10.8. The van der Waals surface area contributed by atoms with E-state index in [1.807, 2.05) is 0 Å². The van der Waals surface area contributed by atoms with Gasteiger partial charge in [-0.25, -0.2) is 0 Å². The van der Waals surface area contributed by atoms with Crippen molar-refractivity contribution < 1.29 is 9.26 Å². The zero-order valence-corrected chi connectivity index (χ0v) is 12.0. The molecule has 2 heterocycles. The Hall–Kier alpha value is -0.910. The number of likely N-dealkylation sites (tertiary alicyclic amines) is 1. The first-order valence-electron chi connectivity index (χ1n) is 7.22. The van der Waals surface area contributed by atoms with Crippen LogP contribution >= 0.6 is 0 Å². The van der Waals surface area contributed by atoms with Crippen molar-refractivity contribution in [2.75, 3.05) is 26.7 Å². The van der Waals surface area contributed by atoms with E-state index in [2.05, 4.69) is 28.4 Å². The second-order valence-electron chi connectivity index (χ2n) is 5.20. The molecule has 19 heavy (non-hydrogen) atoms. The molecule has 1 unspecified atom stereocenters. The van der Waals surface area contributed by atoms with Gasteiger partial charge in [-0.1, -0.05) is 12.1 Å². The average molecular weight is 267 g/mol. The van der Waals surface area contributed by atoms with E-state index >= 15 is 0 Å². The van der Waals surface area contributed by atoms with Crippen molar-refractivity contribution in [3.63, 3.8) is 0 Å². The molecule has 0 saturated carbocycles. The molecule has 0 spiro atoms. The third kappa shape index (κ3) is 4.60. The van der Waals surface area contributed by atoms with Crippen molar-refractivity contribution in [1.82, 2.24) is 15.4 Å². The van der Waals surface area contributed by atoms with Crippen LogP contribution in [0.4, 0.5) is 0 Å². The molecule has 1 fully saturated rings. The second-order valence-corrected chi connectivity index (χ2v) is 5.20. The Morgan fingerprint density at radius 1 is 1.58 bits per heavy atom. The van der Waals surface area contributed by atoms with Crippen LogP contribution < -0.4 is 5.32 Å². The van der Waals surface area contributed by atoms with Crippen LogP contribution in [0.25, 0.3) is 0 Å². The van der Waals surface area contributed by atoms with Crippen LogP contribution in [-0.2, 0) is 17.8 Å². The largest absolute Gasteiger partial charge is 0.380 e. The van der Waals surface area contributed by atoms with Gasteiger partial charge in [0.2, 0.25) is 0 Å². The highest BCUT2D eigenvalue weighted by atomic mass is 16.5. The molecule has 1 saturated heterocycles. The standard InChI is InChI=1S/C14H25N3O2/c1-3-6-15-9-12-8-14(19-16-12)11-17-7-4-5-13(10-17)18-2/h8,13,15H,3-7,9-11H2,1-2H3. The van der Waals surface area contributed by atoms with Crippen LogP contribution in [0.15, 0.2) is 10.6 Å². The van der Waals surface area contributed by atoms with E-state index in [9.17, 15) is 0 Å². The van der Waals surface area contributed by atoms with Crippen LogP contribution in [0.5, 0.6) is 0 Å². The fourth-order valence-corrected chi connectivity index (χ4v) is 2.48. The van der Waals surface area contributed by atoms with Crippen LogP contribution in [0.2, 0.25) is 0 Å². The van der Waals surface area contributed by atoms with Gasteiger partial charge in [-0.2, -0.15) is 0 Å². The molecule has 1 aromatic heterocycles. The number of rotatable bonds is 7. The lowest BCUT2D eigenvalue weighted by atomic mass is 10.1. The Morgan fingerprint density at radius 2 is 2.47 bits per heavy atom. The smallest absolute Gasteiger partial charge is 0.151 e. The van der Waals surface area contributed by atoms with Crippen molar-refractivity contribution in [2.45, 2.75) is 45.4 Å². The van der Waals surface area contributed by atoms with Crippen LogP contribution in [0.1, 0.15) is 37.6 Å². The van der Waals surface area contributed by atoms with Gasteiger partial charge in [0, 0.05) is 26.3 Å². The third-order valence-corrected chi connectivity index (χ3v) is 3.52. The lowest BCUT2D eigenvalue weighted by Gasteiger charge is -2.30. The molecule has 0 radical (unpaired) electrons. The Balaban J connectivity index is 1.78. The molecule has 1 aromatic rings. The maximum atomic E-state index is 5.43. The first-order valence-corrected chi connectivity index (χ1v) is 7.22. The number of hydrogen-bond acceptors (Lipinski definition) is 5. The summed E-state index contributed by atoms with van der Waals surface area (Å²) in [5.74, 6) is 0.949. The minimum absolute atomic E-state index is 0.363. The van der Waals surface area contributed by atoms with Gasteiger partial charge in [0.25, 0.3) is 0 Å². The van der Waals surface area contributed by atoms with Crippen LogP contribution in [0.3, 0.4) is 0 Å². The molecule has 0 aliphatic carbocycles. The Bertz CT molecular complexity index is 367. The van der Waals surface area contributed by atoms with Crippen molar-refractivity contribution >= 4 is 0 Å². The summed E-state index contributed by atoms with van der Waals surface area (Å²) in [5, 5.41) is 7.43. The molecular weight excluding hydrogens is 242 g/mol. The third-order valence-electron chi connectivity index (χ3n) is 3.52. The number of methoxy groups -OCH3 is 1. The average Bonchev–Trinajstić information content (AvgIpc) is 2.87. The number of nitrogens with zero attached hydrogens (tertiary/aromatic N) is 2. The molecular formula is C14H25N3O2. The predicted octanol–water partition coefficient (Wildman–Crippen LogP) is 1.78. The van der Waals surface area contributed by atoms with E-state index in [4.69, 9.17) is 9.26 Å². The SMILES string of the molecule is CCCNCc1cc(CN2CCCC(OC)C2)on1. The van der Waals surface area contributed by atoms with Gasteiger partial charge in [-0.15, -0.1) is 0 Å². The van der Waals surface area contributed by atoms with Gasteiger partial charge in [0.15, 0.2) is 5.76 Å². The summed E-state index contributed by atoms with van der Waals surface area (Å²) in [6.07, 6.45) is 3.85. The molecule has 2 rings (SSSR count). The fraction of sp³-hybridized carbons (Fsp3) is 0.786. The van der Waals surface area contributed by atoms with Crippen LogP contribution in [0, 0.1) is 0 Å². The Kier molecular flexibility index (Phi) is 5.82. The van der Waals surface area contributed by atoms with Gasteiger partial charge in [0.1, 0.15) is 0 Å². The Labute approximate surface area is 115 Å². The first-order chi connectivity index (χ1) is 9.31. The minimum Gasteiger partial charge on any atom is -0.380 e.